The second-order valence-corrected chi connectivity index (χ2v) is 5.63. The third kappa shape index (κ3) is 2.54. The Morgan fingerprint density at radius 1 is 1.05 bits per heavy atom. The van der Waals surface area contributed by atoms with Gasteiger partial charge in [-0.15, -0.1) is 0 Å². The Hall–Kier alpha value is -1.30. The van der Waals surface area contributed by atoms with Crippen molar-refractivity contribution in [2.75, 3.05) is 39.3 Å². The van der Waals surface area contributed by atoms with Gasteiger partial charge in [-0.3, -0.25) is 4.90 Å². The molecule has 3 aliphatic rings. The van der Waals surface area contributed by atoms with Gasteiger partial charge < -0.3 is 10.2 Å². The Morgan fingerprint density at radius 2 is 1.89 bits per heavy atom. The van der Waals surface area contributed by atoms with Gasteiger partial charge in [-0.05, 0) is 19.3 Å². The molecule has 3 fully saturated rings. The van der Waals surface area contributed by atoms with Crippen LogP contribution < -0.4 is 5.32 Å². The third-order valence-corrected chi connectivity index (χ3v) is 4.48. The summed E-state index contributed by atoms with van der Waals surface area (Å²) in [5, 5.41) is 2.68. The Bertz CT molecular complexity index is 370. The summed E-state index contributed by atoms with van der Waals surface area (Å²) in [6.07, 6.45) is 4.97. The van der Waals surface area contributed by atoms with Crippen molar-refractivity contribution in [3.63, 3.8) is 0 Å². The molecule has 0 spiro atoms. The van der Waals surface area contributed by atoms with E-state index in [9.17, 15) is 9.59 Å². The number of rotatable bonds is 1. The molecule has 2 saturated heterocycles. The second kappa shape index (κ2) is 5.36. The smallest absolute Gasteiger partial charge is 0.328 e. The maximum atomic E-state index is 12.3. The molecule has 0 aromatic heterocycles. The molecule has 0 bridgehead atoms. The first-order valence-corrected chi connectivity index (χ1v) is 7.34. The van der Waals surface area contributed by atoms with Gasteiger partial charge in [0, 0.05) is 45.3 Å². The van der Waals surface area contributed by atoms with E-state index in [-0.39, 0.29) is 12.1 Å². The average molecular weight is 266 g/mol. The summed E-state index contributed by atoms with van der Waals surface area (Å²) in [5.41, 5.74) is 0. The lowest BCUT2D eigenvalue weighted by molar-refractivity contribution is 0.129. The van der Waals surface area contributed by atoms with Gasteiger partial charge in [0.05, 0.1) is 0 Å². The lowest BCUT2D eigenvalue weighted by atomic mass is 9.91. The van der Waals surface area contributed by atoms with Crippen LogP contribution in [0, 0.1) is 0 Å². The van der Waals surface area contributed by atoms with E-state index >= 15 is 0 Å². The van der Waals surface area contributed by atoms with E-state index < -0.39 is 0 Å². The van der Waals surface area contributed by atoms with Crippen molar-refractivity contribution in [1.82, 2.24) is 20.0 Å². The summed E-state index contributed by atoms with van der Waals surface area (Å²) in [5.74, 6) is 0. The van der Waals surface area contributed by atoms with Crippen LogP contribution in [-0.2, 0) is 0 Å². The highest BCUT2D eigenvalue weighted by molar-refractivity contribution is 5.94. The van der Waals surface area contributed by atoms with Crippen molar-refractivity contribution in [3.05, 3.63) is 0 Å². The number of urea groups is 2. The summed E-state index contributed by atoms with van der Waals surface area (Å²) in [4.78, 5) is 29.5. The van der Waals surface area contributed by atoms with Crippen molar-refractivity contribution in [1.29, 1.82) is 0 Å². The van der Waals surface area contributed by atoms with Crippen LogP contribution in [0.1, 0.15) is 25.7 Å². The van der Waals surface area contributed by atoms with Crippen molar-refractivity contribution >= 4 is 12.1 Å². The lowest BCUT2D eigenvalue weighted by Crippen LogP contribution is -2.47. The molecule has 1 N–H and O–H groups in total. The average Bonchev–Trinajstić information content (AvgIpc) is 2.61. The Morgan fingerprint density at radius 3 is 2.53 bits per heavy atom. The molecule has 3 rings (SSSR count). The van der Waals surface area contributed by atoms with Gasteiger partial charge in [-0.25, -0.2) is 14.5 Å². The van der Waals surface area contributed by atoms with E-state index in [0.29, 0.717) is 13.1 Å². The number of carbonyl (C=O) groups excluding carboxylic acids is 2. The highest BCUT2D eigenvalue weighted by Gasteiger charge is 2.32. The van der Waals surface area contributed by atoms with Gasteiger partial charge in [-0.2, -0.15) is 0 Å². The molecule has 4 amide bonds. The first-order valence-electron chi connectivity index (χ1n) is 7.34. The largest absolute Gasteiger partial charge is 0.336 e. The topological polar surface area (TPSA) is 55.9 Å². The zero-order valence-corrected chi connectivity index (χ0v) is 11.3. The maximum Gasteiger partial charge on any atom is 0.328 e. The molecular formula is C13H22N4O2. The first kappa shape index (κ1) is 12.7. The van der Waals surface area contributed by atoms with Crippen LogP contribution in [0.2, 0.25) is 0 Å². The molecule has 2 aliphatic heterocycles. The highest BCUT2D eigenvalue weighted by Crippen LogP contribution is 2.25. The summed E-state index contributed by atoms with van der Waals surface area (Å²) in [6, 6.07) is 0.376. The standard InChI is InChI=1S/C13H22N4O2/c18-12-14-5-8-17(12)13(19)16-7-2-6-15(9-10-16)11-3-1-4-11/h11H,1-10H2,(H,14,18). The normalized spacial score (nSPS) is 26.0. The maximum absolute atomic E-state index is 12.3. The molecule has 0 aromatic carbocycles. The molecule has 2 heterocycles. The second-order valence-electron chi connectivity index (χ2n) is 5.63. The van der Waals surface area contributed by atoms with Crippen LogP contribution in [0.5, 0.6) is 0 Å². The molecule has 0 unspecified atom stereocenters. The van der Waals surface area contributed by atoms with E-state index in [4.69, 9.17) is 0 Å². The van der Waals surface area contributed by atoms with Gasteiger partial charge in [0.25, 0.3) is 0 Å². The van der Waals surface area contributed by atoms with Crippen LogP contribution in [0.3, 0.4) is 0 Å². The molecule has 1 aliphatic carbocycles. The zero-order valence-electron chi connectivity index (χ0n) is 11.3. The molecule has 106 valence electrons. The van der Waals surface area contributed by atoms with Crippen molar-refractivity contribution in [3.8, 4) is 0 Å². The van der Waals surface area contributed by atoms with Crippen molar-refractivity contribution in [2.24, 2.45) is 0 Å². The van der Waals surface area contributed by atoms with E-state index in [1.54, 1.807) is 0 Å². The van der Waals surface area contributed by atoms with E-state index in [1.165, 1.54) is 24.2 Å². The molecule has 0 aromatic rings. The SMILES string of the molecule is O=C1NCCN1C(=O)N1CCCN(C2CCC2)CC1. The highest BCUT2D eigenvalue weighted by atomic mass is 16.2. The zero-order chi connectivity index (χ0) is 13.2. The van der Waals surface area contributed by atoms with Gasteiger partial charge >= 0.3 is 12.1 Å². The molecule has 0 radical (unpaired) electrons. The quantitative estimate of drug-likeness (QED) is 0.760. The van der Waals surface area contributed by atoms with Crippen molar-refractivity contribution in [2.45, 2.75) is 31.7 Å². The Kier molecular flexibility index (Phi) is 3.59. The van der Waals surface area contributed by atoms with Crippen LogP contribution in [-0.4, -0.2) is 72.1 Å². The molecule has 19 heavy (non-hydrogen) atoms. The minimum atomic E-state index is -0.245. The number of nitrogens with one attached hydrogen (secondary N) is 1. The van der Waals surface area contributed by atoms with Gasteiger partial charge in [0.1, 0.15) is 0 Å². The van der Waals surface area contributed by atoms with Crippen LogP contribution in [0.4, 0.5) is 9.59 Å². The third-order valence-electron chi connectivity index (χ3n) is 4.48. The fourth-order valence-corrected chi connectivity index (χ4v) is 3.07. The van der Waals surface area contributed by atoms with E-state index in [2.05, 4.69) is 10.2 Å². The number of amides is 4. The van der Waals surface area contributed by atoms with E-state index in [1.807, 2.05) is 4.90 Å². The summed E-state index contributed by atoms with van der Waals surface area (Å²) >= 11 is 0. The fourth-order valence-electron chi connectivity index (χ4n) is 3.07. The molecular weight excluding hydrogens is 244 g/mol. The van der Waals surface area contributed by atoms with Crippen LogP contribution >= 0.6 is 0 Å². The number of carbonyl (C=O) groups is 2. The van der Waals surface area contributed by atoms with Gasteiger partial charge in [0.15, 0.2) is 0 Å². The number of imide groups is 1. The number of hydrogen-bond acceptors (Lipinski definition) is 3. The van der Waals surface area contributed by atoms with Crippen molar-refractivity contribution < 1.29 is 9.59 Å². The number of hydrogen-bond donors (Lipinski definition) is 1. The molecule has 0 atom stereocenters. The van der Waals surface area contributed by atoms with Gasteiger partial charge in [0.2, 0.25) is 0 Å². The summed E-state index contributed by atoms with van der Waals surface area (Å²) in [6.45, 7) is 4.63. The molecule has 1 saturated carbocycles. The first-order chi connectivity index (χ1) is 9.25. The van der Waals surface area contributed by atoms with E-state index in [0.717, 1.165) is 38.6 Å². The molecule has 6 nitrogen and oxygen atoms in total. The van der Waals surface area contributed by atoms with Crippen LogP contribution in [0.25, 0.3) is 0 Å². The summed E-state index contributed by atoms with van der Waals surface area (Å²) in [7, 11) is 0. The summed E-state index contributed by atoms with van der Waals surface area (Å²) < 4.78 is 0. The predicted molar refractivity (Wildman–Crippen MR) is 70.9 cm³/mol. The van der Waals surface area contributed by atoms with Crippen LogP contribution in [0.15, 0.2) is 0 Å². The lowest BCUT2D eigenvalue weighted by Gasteiger charge is -2.36. The molecule has 6 heteroatoms. The monoisotopic (exact) mass is 266 g/mol. The number of nitrogens with zero attached hydrogens (tertiary/aromatic N) is 3. The Balaban J connectivity index is 1.56. The minimum Gasteiger partial charge on any atom is -0.336 e. The minimum absolute atomic E-state index is 0.120. The fraction of sp³-hybridized carbons (Fsp3) is 0.846. The predicted octanol–water partition coefficient (Wildman–Crippen LogP) is 0.692. The Labute approximate surface area is 113 Å². The van der Waals surface area contributed by atoms with Gasteiger partial charge in [-0.1, -0.05) is 6.42 Å².